The summed E-state index contributed by atoms with van der Waals surface area (Å²) in [6.45, 7) is 5.45. The van der Waals surface area contributed by atoms with Crippen LogP contribution in [0.5, 0.6) is 0 Å². The fraction of sp³-hybridized carbons (Fsp3) is 0.364. The quantitative estimate of drug-likeness (QED) is 0.550. The van der Waals surface area contributed by atoms with Crippen molar-refractivity contribution in [3.05, 3.63) is 35.0 Å². The molecule has 14 heavy (non-hydrogen) atoms. The monoisotopic (exact) mass is 210 g/mol. The third-order valence-electron chi connectivity index (χ3n) is 1.86. The highest BCUT2D eigenvalue weighted by atomic mass is 32.1. The van der Waals surface area contributed by atoms with Crippen LogP contribution in [0.1, 0.15) is 31.4 Å². The van der Waals surface area contributed by atoms with Crippen LogP contribution in [0.15, 0.2) is 29.5 Å². The number of hydrogen-bond acceptors (Lipinski definition) is 3. The van der Waals surface area contributed by atoms with Crippen LogP contribution in [0, 0.1) is 0 Å². The minimum absolute atomic E-state index is 0.161. The van der Waals surface area contributed by atoms with Crippen molar-refractivity contribution >= 4 is 17.3 Å². The molecule has 0 aromatic carbocycles. The van der Waals surface area contributed by atoms with Gasteiger partial charge >= 0.3 is 5.97 Å². The van der Waals surface area contributed by atoms with Gasteiger partial charge in [-0.05, 0) is 16.8 Å². The van der Waals surface area contributed by atoms with Gasteiger partial charge in [-0.25, -0.2) is 0 Å². The van der Waals surface area contributed by atoms with Gasteiger partial charge in [0.15, 0.2) is 0 Å². The van der Waals surface area contributed by atoms with E-state index in [1.54, 1.807) is 24.3 Å². The Morgan fingerprint density at radius 2 is 2.57 bits per heavy atom. The lowest BCUT2D eigenvalue weighted by atomic mass is 10.1. The molecule has 0 spiro atoms. The van der Waals surface area contributed by atoms with E-state index in [0.29, 0.717) is 12.8 Å². The van der Waals surface area contributed by atoms with Gasteiger partial charge in [0.2, 0.25) is 0 Å². The van der Waals surface area contributed by atoms with Crippen molar-refractivity contribution in [2.24, 2.45) is 0 Å². The standard InChI is InChI=1S/C11H14O2S/c1-3-5-10(13-11(12)4-2)9-6-7-14-8-9/h3,6-8,10H,1,4-5H2,2H3. The van der Waals surface area contributed by atoms with Crippen molar-refractivity contribution in [3.63, 3.8) is 0 Å². The van der Waals surface area contributed by atoms with Crippen LogP contribution >= 0.6 is 11.3 Å². The van der Waals surface area contributed by atoms with Crippen LogP contribution in [0.4, 0.5) is 0 Å². The Kier molecular flexibility index (Phi) is 4.40. The second kappa shape index (κ2) is 5.60. The van der Waals surface area contributed by atoms with E-state index in [9.17, 15) is 4.79 Å². The van der Waals surface area contributed by atoms with Crippen molar-refractivity contribution < 1.29 is 9.53 Å². The topological polar surface area (TPSA) is 26.3 Å². The minimum Gasteiger partial charge on any atom is -0.457 e. The van der Waals surface area contributed by atoms with Gasteiger partial charge in [-0.1, -0.05) is 13.0 Å². The maximum Gasteiger partial charge on any atom is 0.306 e. The van der Waals surface area contributed by atoms with Crippen LogP contribution < -0.4 is 0 Å². The molecule has 0 saturated carbocycles. The van der Waals surface area contributed by atoms with Crippen molar-refractivity contribution in [3.8, 4) is 0 Å². The number of rotatable bonds is 5. The van der Waals surface area contributed by atoms with E-state index in [4.69, 9.17) is 4.74 Å². The fourth-order valence-electron chi connectivity index (χ4n) is 1.10. The Balaban J connectivity index is 2.64. The Morgan fingerprint density at radius 1 is 1.79 bits per heavy atom. The number of carbonyl (C=O) groups excluding carboxylic acids is 1. The molecule has 1 aromatic heterocycles. The normalized spacial score (nSPS) is 12.1. The molecule has 1 rings (SSSR count). The molecular weight excluding hydrogens is 196 g/mol. The van der Waals surface area contributed by atoms with Crippen LogP contribution in [0.25, 0.3) is 0 Å². The zero-order chi connectivity index (χ0) is 10.4. The molecule has 1 heterocycles. The fourth-order valence-corrected chi connectivity index (χ4v) is 1.81. The van der Waals surface area contributed by atoms with Gasteiger partial charge in [-0.15, -0.1) is 6.58 Å². The predicted molar refractivity (Wildman–Crippen MR) is 58.3 cm³/mol. The molecule has 0 bridgehead atoms. The first kappa shape index (κ1) is 11.0. The Morgan fingerprint density at radius 3 is 3.07 bits per heavy atom. The number of thiophene rings is 1. The SMILES string of the molecule is C=CCC(OC(=O)CC)c1ccsc1. The van der Waals surface area contributed by atoms with Crippen molar-refractivity contribution in [1.82, 2.24) is 0 Å². The molecule has 0 radical (unpaired) electrons. The molecule has 0 aliphatic carbocycles. The lowest BCUT2D eigenvalue weighted by Gasteiger charge is -2.14. The van der Waals surface area contributed by atoms with Gasteiger partial charge in [0.1, 0.15) is 6.10 Å². The number of esters is 1. The van der Waals surface area contributed by atoms with E-state index in [-0.39, 0.29) is 12.1 Å². The molecule has 0 N–H and O–H groups in total. The van der Waals surface area contributed by atoms with E-state index in [1.807, 2.05) is 16.8 Å². The minimum atomic E-state index is -0.164. The Hall–Kier alpha value is -1.09. The van der Waals surface area contributed by atoms with E-state index >= 15 is 0 Å². The molecule has 1 aromatic rings. The number of carbonyl (C=O) groups is 1. The number of ether oxygens (including phenoxy) is 1. The van der Waals surface area contributed by atoms with E-state index in [2.05, 4.69) is 6.58 Å². The highest BCUT2D eigenvalue weighted by molar-refractivity contribution is 7.07. The summed E-state index contributed by atoms with van der Waals surface area (Å²) >= 11 is 1.60. The van der Waals surface area contributed by atoms with Crippen molar-refractivity contribution in [2.45, 2.75) is 25.9 Å². The first-order chi connectivity index (χ1) is 6.77. The molecule has 0 aliphatic heterocycles. The number of hydrogen-bond donors (Lipinski definition) is 0. The Bertz CT molecular complexity index is 290. The maximum atomic E-state index is 11.1. The summed E-state index contributed by atoms with van der Waals surface area (Å²) in [5.41, 5.74) is 1.05. The van der Waals surface area contributed by atoms with Crippen LogP contribution in [-0.4, -0.2) is 5.97 Å². The first-order valence-corrected chi connectivity index (χ1v) is 5.54. The average Bonchev–Trinajstić information content (AvgIpc) is 2.69. The van der Waals surface area contributed by atoms with Crippen LogP contribution in [0.2, 0.25) is 0 Å². The van der Waals surface area contributed by atoms with Crippen molar-refractivity contribution in [2.75, 3.05) is 0 Å². The van der Waals surface area contributed by atoms with E-state index in [1.165, 1.54) is 0 Å². The maximum absolute atomic E-state index is 11.1. The van der Waals surface area contributed by atoms with E-state index in [0.717, 1.165) is 5.56 Å². The molecule has 0 saturated heterocycles. The second-order valence-corrected chi connectivity index (χ2v) is 3.69. The third-order valence-corrected chi connectivity index (χ3v) is 2.56. The summed E-state index contributed by atoms with van der Waals surface area (Å²) in [6.07, 6.45) is 2.69. The molecule has 0 amide bonds. The highest BCUT2D eigenvalue weighted by Crippen LogP contribution is 2.24. The van der Waals surface area contributed by atoms with Gasteiger partial charge in [-0.2, -0.15) is 11.3 Å². The summed E-state index contributed by atoms with van der Waals surface area (Å²) in [5, 5.41) is 3.97. The summed E-state index contributed by atoms with van der Waals surface area (Å²) in [7, 11) is 0. The van der Waals surface area contributed by atoms with Crippen LogP contribution in [0.3, 0.4) is 0 Å². The van der Waals surface area contributed by atoms with Gasteiger partial charge in [0.25, 0.3) is 0 Å². The van der Waals surface area contributed by atoms with Gasteiger partial charge in [0, 0.05) is 18.4 Å². The smallest absolute Gasteiger partial charge is 0.306 e. The van der Waals surface area contributed by atoms with Crippen molar-refractivity contribution in [1.29, 1.82) is 0 Å². The second-order valence-electron chi connectivity index (χ2n) is 2.91. The molecule has 0 fully saturated rings. The summed E-state index contributed by atoms with van der Waals surface area (Å²) in [6, 6.07) is 1.97. The molecule has 3 heteroatoms. The first-order valence-electron chi connectivity index (χ1n) is 4.60. The zero-order valence-corrected chi connectivity index (χ0v) is 9.05. The average molecular weight is 210 g/mol. The lowest BCUT2D eigenvalue weighted by Crippen LogP contribution is -2.09. The molecule has 0 aliphatic rings. The third kappa shape index (κ3) is 3.00. The zero-order valence-electron chi connectivity index (χ0n) is 8.23. The lowest BCUT2D eigenvalue weighted by molar-refractivity contribution is -0.148. The Labute approximate surface area is 88.2 Å². The molecule has 2 nitrogen and oxygen atoms in total. The predicted octanol–water partition coefficient (Wildman–Crippen LogP) is 3.32. The summed E-state index contributed by atoms with van der Waals surface area (Å²) in [5.74, 6) is -0.164. The van der Waals surface area contributed by atoms with Gasteiger partial charge in [0.05, 0.1) is 0 Å². The highest BCUT2D eigenvalue weighted by Gasteiger charge is 2.14. The molecule has 1 unspecified atom stereocenters. The largest absolute Gasteiger partial charge is 0.457 e. The summed E-state index contributed by atoms with van der Waals surface area (Å²) in [4.78, 5) is 11.1. The van der Waals surface area contributed by atoms with Gasteiger partial charge < -0.3 is 4.74 Å². The van der Waals surface area contributed by atoms with Gasteiger partial charge in [-0.3, -0.25) is 4.79 Å². The molecule has 1 atom stereocenters. The van der Waals surface area contributed by atoms with E-state index < -0.39 is 0 Å². The summed E-state index contributed by atoms with van der Waals surface area (Å²) < 4.78 is 5.28. The molecular formula is C11H14O2S. The molecule has 76 valence electrons. The van der Waals surface area contributed by atoms with Crippen LogP contribution in [-0.2, 0) is 9.53 Å².